The smallest absolute Gasteiger partial charge is 0.174 e. The SMILES string of the molecule is CO[C@@]12CCC(=O)[C@@H]3Oc4c(O)ccc5c4C31CC[N+]([O-])(CC1CC1)[C@@H]2C5. The Morgan fingerprint density at radius 1 is 1.37 bits per heavy atom. The molecule has 2 saturated carbocycles. The Labute approximate surface area is 158 Å². The number of carbonyl (C=O) groups is 1. The number of Topliss-reactive ketones (excluding diaryl/α,β-unsaturated/α-hetero) is 1. The van der Waals surface area contributed by atoms with Crippen molar-refractivity contribution in [3.8, 4) is 11.5 Å². The largest absolute Gasteiger partial charge is 0.632 e. The van der Waals surface area contributed by atoms with E-state index in [4.69, 9.17) is 9.47 Å². The Hall–Kier alpha value is -1.63. The fourth-order valence-electron chi connectivity index (χ4n) is 6.93. The van der Waals surface area contributed by atoms with Gasteiger partial charge in [0.25, 0.3) is 0 Å². The Balaban J connectivity index is 1.62. The first-order chi connectivity index (χ1) is 13.0. The van der Waals surface area contributed by atoms with Crippen LogP contribution in [-0.4, -0.2) is 53.5 Å². The number of phenolic OH excluding ortho intramolecular Hbond substituents is 1. The highest BCUT2D eigenvalue weighted by Crippen LogP contribution is 2.67. The van der Waals surface area contributed by atoms with Crippen molar-refractivity contribution in [2.45, 2.75) is 61.7 Å². The molecular formula is C21H25NO5. The molecule has 144 valence electrons. The summed E-state index contributed by atoms with van der Waals surface area (Å²) in [5.74, 6) is 1.13. The lowest BCUT2D eigenvalue weighted by Gasteiger charge is -2.68. The lowest BCUT2D eigenvalue weighted by atomic mass is 9.48. The molecule has 2 unspecified atom stereocenters. The highest BCUT2D eigenvalue weighted by Gasteiger charge is 2.76. The first-order valence-corrected chi connectivity index (χ1v) is 10.1. The number of methoxy groups -OCH3 is 1. The standard InChI is InChI=1S/C21H25NO5/c1-26-21-7-6-15(24)19-20(21)8-9-22(25,11-12-2-3-12)16(21)10-13-4-5-14(23)18(27-19)17(13)20/h4-5,12,16,19,23H,2-3,6-11H2,1H3/t16-,19+,20?,21-,22?/m1/s1. The van der Waals surface area contributed by atoms with Gasteiger partial charge in [0.05, 0.1) is 18.5 Å². The van der Waals surface area contributed by atoms with Crippen LogP contribution in [0.4, 0.5) is 0 Å². The summed E-state index contributed by atoms with van der Waals surface area (Å²) in [6.45, 7) is 1.15. The van der Waals surface area contributed by atoms with Crippen molar-refractivity contribution in [1.29, 1.82) is 0 Å². The highest BCUT2D eigenvalue weighted by atomic mass is 16.6. The van der Waals surface area contributed by atoms with Crippen LogP contribution in [0.1, 0.15) is 43.2 Å². The molecule has 0 aromatic heterocycles. The van der Waals surface area contributed by atoms with Gasteiger partial charge < -0.3 is 24.4 Å². The molecule has 3 fully saturated rings. The number of rotatable bonds is 3. The second-order valence-corrected chi connectivity index (χ2v) is 9.25. The van der Waals surface area contributed by atoms with Crippen LogP contribution >= 0.6 is 0 Å². The van der Waals surface area contributed by atoms with Crippen molar-refractivity contribution in [2.75, 3.05) is 20.2 Å². The zero-order chi connectivity index (χ0) is 18.6. The number of carbonyl (C=O) groups excluding carboxylic acids is 1. The predicted octanol–water partition coefficient (Wildman–Crippen LogP) is 2.19. The topological polar surface area (TPSA) is 78.8 Å². The molecule has 0 amide bonds. The Morgan fingerprint density at radius 2 is 2.19 bits per heavy atom. The molecule has 6 nitrogen and oxygen atoms in total. The second kappa shape index (κ2) is 4.85. The van der Waals surface area contributed by atoms with E-state index in [2.05, 4.69) is 0 Å². The molecule has 2 aliphatic heterocycles. The summed E-state index contributed by atoms with van der Waals surface area (Å²) in [6, 6.07) is 3.34. The minimum atomic E-state index is -0.702. The van der Waals surface area contributed by atoms with Crippen molar-refractivity contribution in [3.05, 3.63) is 28.5 Å². The number of piperidine rings is 1. The quantitative estimate of drug-likeness (QED) is 0.651. The minimum absolute atomic E-state index is 0.0676. The number of hydrogen-bond donors (Lipinski definition) is 1. The molecule has 5 atom stereocenters. The van der Waals surface area contributed by atoms with Crippen LogP contribution in [0.3, 0.4) is 0 Å². The summed E-state index contributed by atoms with van der Waals surface area (Å²) in [7, 11) is 1.69. The van der Waals surface area contributed by atoms with E-state index in [1.54, 1.807) is 13.2 Å². The second-order valence-electron chi connectivity index (χ2n) is 9.25. The van der Waals surface area contributed by atoms with E-state index in [0.717, 1.165) is 24.0 Å². The molecule has 2 bridgehead atoms. The van der Waals surface area contributed by atoms with E-state index >= 15 is 0 Å². The number of likely N-dealkylation sites (tertiary alicyclic amines) is 1. The van der Waals surface area contributed by atoms with Gasteiger partial charge in [-0.3, -0.25) is 4.79 Å². The molecular weight excluding hydrogens is 346 g/mol. The van der Waals surface area contributed by atoms with Gasteiger partial charge in [0.2, 0.25) is 0 Å². The fourth-order valence-corrected chi connectivity index (χ4v) is 6.93. The summed E-state index contributed by atoms with van der Waals surface area (Å²) in [4.78, 5) is 12.9. The number of benzene rings is 1. The van der Waals surface area contributed by atoms with Gasteiger partial charge in [-0.05, 0) is 30.9 Å². The number of hydroxylamine groups is 3. The minimum Gasteiger partial charge on any atom is -0.632 e. The number of nitrogens with zero attached hydrogens (tertiary/aromatic N) is 1. The molecule has 1 aromatic carbocycles. The fraction of sp³-hybridized carbons (Fsp3) is 0.667. The first kappa shape index (κ1) is 16.3. The van der Waals surface area contributed by atoms with Gasteiger partial charge in [-0.15, -0.1) is 0 Å². The maximum atomic E-state index is 14.1. The lowest BCUT2D eigenvalue weighted by Crippen LogP contribution is -2.81. The average Bonchev–Trinajstić information content (AvgIpc) is 3.38. The van der Waals surface area contributed by atoms with Crippen molar-refractivity contribution in [2.24, 2.45) is 5.92 Å². The number of ketones is 1. The van der Waals surface area contributed by atoms with Crippen LogP contribution < -0.4 is 4.74 Å². The molecule has 5 aliphatic rings. The molecule has 1 saturated heterocycles. The third kappa shape index (κ3) is 1.71. The van der Waals surface area contributed by atoms with Gasteiger partial charge in [0, 0.05) is 37.9 Å². The number of quaternary nitrogens is 1. The molecule has 1 aromatic rings. The van der Waals surface area contributed by atoms with Gasteiger partial charge >= 0.3 is 0 Å². The van der Waals surface area contributed by atoms with E-state index in [9.17, 15) is 15.1 Å². The summed E-state index contributed by atoms with van der Waals surface area (Å²) in [5.41, 5.74) is 0.647. The Morgan fingerprint density at radius 3 is 2.93 bits per heavy atom. The van der Waals surface area contributed by atoms with Crippen LogP contribution in [0.2, 0.25) is 0 Å². The normalized spacial score (nSPS) is 44.0. The molecule has 1 N–H and O–H groups in total. The predicted molar refractivity (Wildman–Crippen MR) is 96.4 cm³/mol. The van der Waals surface area contributed by atoms with Crippen LogP contribution in [0.15, 0.2) is 12.1 Å². The lowest BCUT2D eigenvalue weighted by molar-refractivity contribution is -0.924. The molecule has 6 heteroatoms. The van der Waals surface area contributed by atoms with Crippen molar-refractivity contribution in [1.82, 2.24) is 0 Å². The van der Waals surface area contributed by atoms with Crippen LogP contribution in [0, 0.1) is 11.1 Å². The highest BCUT2D eigenvalue weighted by molar-refractivity contribution is 5.90. The molecule has 27 heavy (non-hydrogen) atoms. The molecule has 1 spiro atoms. The van der Waals surface area contributed by atoms with E-state index in [1.165, 1.54) is 0 Å². The molecule has 3 aliphatic carbocycles. The number of hydrogen-bond acceptors (Lipinski definition) is 5. The van der Waals surface area contributed by atoms with E-state index in [1.807, 2.05) is 6.07 Å². The summed E-state index contributed by atoms with van der Waals surface area (Å²) < 4.78 is 12.2. The van der Waals surface area contributed by atoms with E-state index in [0.29, 0.717) is 50.4 Å². The van der Waals surface area contributed by atoms with Crippen molar-refractivity contribution in [3.63, 3.8) is 0 Å². The zero-order valence-corrected chi connectivity index (χ0v) is 15.6. The van der Waals surface area contributed by atoms with Crippen LogP contribution in [0.5, 0.6) is 11.5 Å². The van der Waals surface area contributed by atoms with E-state index < -0.39 is 17.1 Å². The van der Waals surface area contributed by atoms with Gasteiger partial charge in [-0.25, -0.2) is 0 Å². The maximum Gasteiger partial charge on any atom is 0.174 e. The molecule has 2 heterocycles. The zero-order valence-electron chi connectivity index (χ0n) is 15.6. The Kier molecular flexibility index (Phi) is 2.94. The first-order valence-electron chi connectivity index (χ1n) is 10.1. The average molecular weight is 371 g/mol. The third-order valence-electron chi connectivity index (χ3n) is 8.18. The summed E-state index contributed by atoms with van der Waals surface area (Å²) in [5, 5.41) is 24.5. The molecule has 6 rings (SSSR count). The Bertz CT molecular complexity index is 866. The van der Waals surface area contributed by atoms with E-state index in [-0.39, 0.29) is 22.2 Å². The number of ether oxygens (including phenoxy) is 2. The van der Waals surface area contributed by atoms with Crippen molar-refractivity contribution < 1.29 is 24.0 Å². The molecule has 0 radical (unpaired) electrons. The van der Waals surface area contributed by atoms with Gasteiger partial charge in [0.15, 0.2) is 23.4 Å². The van der Waals surface area contributed by atoms with Crippen molar-refractivity contribution >= 4 is 5.78 Å². The van der Waals surface area contributed by atoms with Gasteiger partial charge in [-0.2, -0.15) is 0 Å². The maximum absolute atomic E-state index is 14.1. The summed E-state index contributed by atoms with van der Waals surface area (Å²) >= 11 is 0. The third-order valence-corrected chi connectivity index (χ3v) is 8.18. The number of aromatic hydroxyl groups is 1. The monoisotopic (exact) mass is 371 g/mol. The van der Waals surface area contributed by atoms with Crippen LogP contribution in [0.25, 0.3) is 0 Å². The van der Waals surface area contributed by atoms with Gasteiger partial charge in [0.1, 0.15) is 11.6 Å². The van der Waals surface area contributed by atoms with Gasteiger partial charge in [-0.1, -0.05) is 6.07 Å². The summed E-state index contributed by atoms with van der Waals surface area (Å²) in [6.07, 6.45) is 3.79. The number of phenols is 1. The van der Waals surface area contributed by atoms with Crippen LogP contribution in [-0.2, 0) is 21.4 Å².